The molecule has 0 atom stereocenters. The molecule has 1 amide bonds. The van der Waals surface area contributed by atoms with Crippen molar-refractivity contribution in [2.45, 2.75) is 37.1 Å². The molecule has 122 valence electrons. The summed E-state index contributed by atoms with van der Waals surface area (Å²) in [6.07, 6.45) is 1.67. The van der Waals surface area contributed by atoms with Crippen LogP contribution in [0.1, 0.15) is 26.7 Å². The monoisotopic (exact) mass is 327 g/mol. The van der Waals surface area contributed by atoms with E-state index in [2.05, 4.69) is 5.32 Å². The van der Waals surface area contributed by atoms with Gasteiger partial charge in [-0.3, -0.25) is 4.79 Å². The number of nitrogens with two attached hydrogens (primary N) is 1. The van der Waals surface area contributed by atoms with Crippen molar-refractivity contribution in [1.82, 2.24) is 4.31 Å². The zero-order valence-electron chi connectivity index (χ0n) is 12.7. The van der Waals surface area contributed by atoms with E-state index in [0.717, 1.165) is 12.8 Å². The van der Waals surface area contributed by atoms with Gasteiger partial charge in [-0.2, -0.15) is 4.31 Å². The van der Waals surface area contributed by atoms with Crippen LogP contribution in [-0.4, -0.2) is 42.4 Å². The van der Waals surface area contributed by atoms with Gasteiger partial charge in [-0.15, -0.1) is 0 Å². The van der Waals surface area contributed by atoms with Gasteiger partial charge in [0.15, 0.2) is 0 Å². The number of nitrogens with zero attached hydrogens (tertiary/aromatic N) is 1. The molecule has 22 heavy (non-hydrogen) atoms. The molecule has 1 aromatic rings. The normalized spacial score (nSPS) is 16.7. The summed E-state index contributed by atoms with van der Waals surface area (Å²) in [4.78, 5) is 11.9. The summed E-state index contributed by atoms with van der Waals surface area (Å²) in [5.41, 5.74) is 4.57. The molecule has 8 heteroatoms. The average Bonchev–Trinajstić information content (AvgIpc) is 2.94. The van der Waals surface area contributed by atoms with Crippen LogP contribution in [0.5, 0.6) is 5.75 Å². The molecule has 0 saturated carbocycles. The number of rotatable bonds is 4. The first-order valence-corrected chi connectivity index (χ1v) is 8.50. The first-order valence-electron chi connectivity index (χ1n) is 7.06. The fourth-order valence-electron chi connectivity index (χ4n) is 2.14. The van der Waals surface area contributed by atoms with E-state index in [-0.39, 0.29) is 16.3 Å². The zero-order valence-corrected chi connectivity index (χ0v) is 13.5. The standard InChI is InChI=1S/C14H21N3O4S/c1-14(2,15)13(19)16-11-9-10(5-6-12(11)18)22(20,21)17-7-3-4-8-17/h5-6,9,18H,3-4,7-8,15H2,1-2H3,(H,16,19). The fourth-order valence-corrected chi connectivity index (χ4v) is 3.68. The number of phenolic OH excluding ortho intramolecular Hbond substituents is 1. The molecule has 7 nitrogen and oxygen atoms in total. The molecule has 0 aliphatic carbocycles. The number of anilines is 1. The van der Waals surface area contributed by atoms with E-state index in [9.17, 15) is 18.3 Å². The maximum absolute atomic E-state index is 12.5. The molecule has 1 aliphatic rings. The fraction of sp³-hybridized carbons (Fsp3) is 0.500. The van der Waals surface area contributed by atoms with E-state index in [1.54, 1.807) is 0 Å². The van der Waals surface area contributed by atoms with E-state index in [1.807, 2.05) is 0 Å². The maximum Gasteiger partial charge on any atom is 0.243 e. The number of sulfonamides is 1. The van der Waals surface area contributed by atoms with Crippen LogP contribution in [0.2, 0.25) is 0 Å². The number of hydrogen-bond acceptors (Lipinski definition) is 5. The van der Waals surface area contributed by atoms with Gasteiger partial charge in [-0.05, 0) is 44.9 Å². The van der Waals surface area contributed by atoms with Gasteiger partial charge in [0.1, 0.15) is 5.75 Å². The molecular weight excluding hydrogens is 306 g/mol. The number of nitrogens with one attached hydrogen (secondary N) is 1. The number of amides is 1. The van der Waals surface area contributed by atoms with Crippen LogP contribution >= 0.6 is 0 Å². The Morgan fingerprint density at radius 1 is 1.32 bits per heavy atom. The Morgan fingerprint density at radius 3 is 2.45 bits per heavy atom. The van der Waals surface area contributed by atoms with Gasteiger partial charge < -0.3 is 16.2 Å². The summed E-state index contributed by atoms with van der Waals surface area (Å²) >= 11 is 0. The molecule has 0 aromatic heterocycles. The van der Waals surface area contributed by atoms with E-state index in [1.165, 1.54) is 36.4 Å². The summed E-state index contributed by atoms with van der Waals surface area (Å²) in [7, 11) is -3.61. The zero-order chi connectivity index (χ0) is 16.5. The highest BCUT2D eigenvalue weighted by molar-refractivity contribution is 7.89. The second kappa shape index (κ2) is 5.86. The molecular formula is C14H21N3O4S. The lowest BCUT2D eigenvalue weighted by Gasteiger charge is -2.20. The molecule has 0 spiro atoms. The molecule has 0 bridgehead atoms. The lowest BCUT2D eigenvalue weighted by atomic mass is 10.1. The minimum atomic E-state index is -3.61. The van der Waals surface area contributed by atoms with Crippen molar-refractivity contribution in [1.29, 1.82) is 0 Å². The lowest BCUT2D eigenvalue weighted by molar-refractivity contribution is -0.120. The van der Waals surface area contributed by atoms with Crippen molar-refractivity contribution in [3.8, 4) is 5.75 Å². The van der Waals surface area contributed by atoms with Crippen molar-refractivity contribution in [3.05, 3.63) is 18.2 Å². The topological polar surface area (TPSA) is 113 Å². The third-order valence-electron chi connectivity index (χ3n) is 3.50. The predicted octanol–water partition coefficient (Wildman–Crippen LogP) is 0.853. The molecule has 0 unspecified atom stereocenters. The minimum absolute atomic E-state index is 0.0313. The van der Waals surface area contributed by atoms with Crippen LogP contribution < -0.4 is 11.1 Å². The molecule has 1 heterocycles. The Bertz CT molecular complexity index is 674. The number of carbonyl (C=O) groups excluding carboxylic acids is 1. The van der Waals surface area contributed by atoms with Crippen LogP contribution in [0.15, 0.2) is 23.1 Å². The van der Waals surface area contributed by atoms with Gasteiger partial charge in [-0.1, -0.05) is 0 Å². The number of phenols is 1. The Kier molecular flexibility index (Phi) is 4.46. The quantitative estimate of drug-likeness (QED) is 0.710. The third-order valence-corrected chi connectivity index (χ3v) is 5.40. The largest absolute Gasteiger partial charge is 0.506 e. The van der Waals surface area contributed by atoms with E-state index in [4.69, 9.17) is 5.73 Å². The van der Waals surface area contributed by atoms with Gasteiger partial charge >= 0.3 is 0 Å². The van der Waals surface area contributed by atoms with Crippen LogP contribution in [0, 0.1) is 0 Å². The van der Waals surface area contributed by atoms with E-state index in [0.29, 0.717) is 13.1 Å². The van der Waals surface area contributed by atoms with E-state index < -0.39 is 21.5 Å². The van der Waals surface area contributed by atoms with Crippen molar-refractivity contribution < 1.29 is 18.3 Å². The SMILES string of the molecule is CC(C)(N)C(=O)Nc1cc(S(=O)(=O)N2CCCC2)ccc1O. The first kappa shape index (κ1) is 16.7. The Hall–Kier alpha value is -1.64. The smallest absolute Gasteiger partial charge is 0.243 e. The van der Waals surface area contributed by atoms with Crippen molar-refractivity contribution in [3.63, 3.8) is 0 Å². The second-order valence-corrected chi connectivity index (χ2v) is 7.90. The Morgan fingerprint density at radius 2 is 1.91 bits per heavy atom. The number of aromatic hydroxyl groups is 1. The molecule has 4 N–H and O–H groups in total. The number of hydrogen-bond donors (Lipinski definition) is 3. The average molecular weight is 327 g/mol. The number of carbonyl (C=O) groups is 1. The summed E-state index contributed by atoms with van der Waals surface area (Å²) in [5.74, 6) is -0.725. The molecule has 2 rings (SSSR count). The molecule has 1 aromatic carbocycles. The van der Waals surface area contributed by atoms with Crippen LogP contribution in [0.3, 0.4) is 0 Å². The maximum atomic E-state index is 12.5. The van der Waals surface area contributed by atoms with Crippen molar-refractivity contribution in [2.75, 3.05) is 18.4 Å². The molecule has 0 radical (unpaired) electrons. The second-order valence-electron chi connectivity index (χ2n) is 5.97. The molecule has 1 aliphatic heterocycles. The highest BCUT2D eigenvalue weighted by Crippen LogP contribution is 2.29. The van der Waals surface area contributed by atoms with Gasteiger partial charge in [0.05, 0.1) is 16.1 Å². The van der Waals surface area contributed by atoms with Crippen molar-refractivity contribution >= 4 is 21.6 Å². The summed E-state index contributed by atoms with van der Waals surface area (Å²) in [6, 6.07) is 3.83. The van der Waals surface area contributed by atoms with Gasteiger partial charge in [0.2, 0.25) is 15.9 Å². The Labute approximate surface area is 130 Å². The number of benzene rings is 1. The molecule has 1 saturated heterocycles. The van der Waals surface area contributed by atoms with Gasteiger partial charge in [-0.25, -0.2) is 8.42 Å². The summed E-state index contributed by atoms with van der Waals surface area (Å²) in [5, 5.41) is 12.3. The summed E-state index contributed by atoms with van der Waals surface area (Å²) < 4.78 is 26.4. The van der Waals surface area contributed by atoms with Crippen LogP contribution in [-0.2, 0) is 14.8 Å². The predicted molar refractivity (Wildman–Crippen MR) is 83.0 cm³/mol. The van der Waals surface area contributed by atoms with Crippen LogP contribution in [0.25, 0.3) is 0 Å². The highest BCUT2D eigenvalue weighted by atomic mass is 32.2. The third kappa shape index (κ3) is 3.40. The van der Waals surface area contributed by atoms with Crippen LogP contribution in [0.4, 0.5) is 5.69 Å². The first-order chi connectivity index (χ1) is 10.1. The molecule has 1 fully saturated rings. The highest BCUT2D eigenvalue weighted by Gasteiger charge is 2.28. The lowest BCUT2D eigenvalue weighted by Crippen LogP contribution is -2.45. The van der Waals surface area contributed by atoms with E-state index >= 15 is 0 Å². The van der Waals surface area contributed by atoms with Gasteiger partial charge in [0, 0.05) is 13.1 Å². The summed E-state index contributed by atoms with van der Waals surface area (Å²) in [6.45, 7) is 4.01. The Balaban J connectivity index is 2.32. The van der Waals surface area contributed by atoms with Gasteiger partial charge in [0.25, 0.3) is 0 Å². The van der Waals surface area contributed by atoms with Crippen molar-refractivity contribution in [2.24, 2.45) is 5.73 Å². The minimum Gasteiger partial charge on any atom is -0.506 e.